The summed E-state index contributed by atoms with van der Waals surface area (Å²) in [5.74, 6) is 0. The molecule has 0 radical (unpaired) electrons. The van der Waals surface area contributed by atoms with Crippen molar-refractivity contribution >= 4 is 12.4 Å². The number of rotatable bonds is 5. The van der Waals surface area contributed by atoms with Crippen molar-refractivity contribution in [1.82, 2.24) is 24.2 Å². The van der Waals surface area contributed by atoms with Crippen LogP contribution in [-0.2, 0) is 13.1 Å². The number of nitrogens with zero attached hydrogens (tertiary/aromatic N) is 5. The lowest BCUT2D eigenvalue weighted by atomic mass is 10.1. The molecule has 1 aliphatic heterocycles. The molecule has 0 aliphatic carbocycles. The van der Waals surface area contributed by atoms with Gasteiger partial charge in [-0.15, -0.1) is 12.4 Å². The minimum absolute atomic E-state index is 0. The van der Waals surface area contributed by atoms with Gasteiger partial charge >= 0.3 is 0 Å². The fraction of sp³-hybridized carbons (Fsp3) is 0.667. The molecule has 1 fully saturated rings. The molecule has 3 heterocycles. The van der Waals surface area contributed by atoms with Gasteiger partial charge in [0.05, 0.1) is 23.9 Å². The van der Waals surface area contributed by atoms with Gasteiger partial charge in [0, 0.05) is 30.4 Å². The zero-order valence-electron chi connectivity index (χ0n) is 15.3. The topological polar surface area (TPSA) is 38.9 Å². The lowest BCUT2D eigenvalue weighted by Crippen LogP contribution is -2.39. The maximum atomic E-state index is 4.66. The first-order valence-corrected chi connectivity index (χ1v) is 8.90. The van der Waals surface area contributed by atoms with Crippen LogP contribution in [0, 0.1) is 13.8 Å². The molecule has 1 saturated heterocycles. The van der Waals surface area contributed by atoms with Gasteiger partial charge < -0.3 is 4.57 Å². The van der Waals surface area contributed by atoms with E-state index in [1.807, 2.05) is 12.5 Å². The van der Waals surface area contributed by atoms with Gasteiger partial charge in [-0.05, 0) is 53.6 Å². The highest BCUT2D eigenvalue weighted by molar-refractivity contribution is 5.85. The third kappa shape index (κ3) is 3.67. The molecule has 134 valence electrons. The van der Waals surface area contributed by atoms with E-state index >= 15 is 0 Å². The Morgan fingerprint density at radius 1 is 1.17 bits per heavy atom. The first kappa shape index (κ1) is 19.0. The van der Waals surface area contributed by atoms with Crippen molar-refractivity contribution in [3.63, 3.8) is 0 Å². The van der Waals surface area contributed by atoms with Gasteiger partial charge in [0.15, 0.2) is 0 Å². The highest BCUT2D eigenvalue weighted by Gasteiger charge is 2.20. The molecule has 6 heteroatoms. The van der Waals surface area contributed by atoms with Crippen LogP contribution in [0.1, 0.15) is 44.5 Å². The minimum Gasteiger partial charge on any atom is -0.329 e. The Morgan fingerprint density at radius 2 is 1.88 bits per heavy atom. The molecule has 1 aliphatic rings. The SMILES string of the molecule is CCn1nc(C)c(-c2cncn2CC(C)N2CCCCC2)c1C.Cl. The van der Waals surface area contributed by atoms with Crippen LogP contribution < -0.4 is 0 Å². The van der Waals surface area contributed by atoms with Crippen LogP contribution in [0.5, 0.6) is 0 Å². The second kappa shape index (κ2) is 8.17. The molecular formula is C18H30ClN5. The number of aromatic nitrogens is 4. The second-order valence-corrected chi connectivity index (χ2v) is 6.74. The highest BCUT2D eigenvalue weighted by Crippen LogP contribution is 2.27. The number of piperidine rings is 1. The van der Waals surface area contributed by atoms with Crippen LogP contribution in [0.3, 0.4) is 0 Å². The van der Waals surface area contributed by atoms with Gasteiger partial charge in [-0.2, -0.15) is 5.10 Å². The Kier molecular flexibility index (Phi) is 6.47. The van der Waals surface area contributed by atoms with Crippen LogP contribution in [0.2, 0.25) is 0 Å². The van der Waals surface area contributed by atoms with E-state index in [0.29, 0.717) is 6.04 Å². The molecule has 0 N–H and O–H groups in total. The predicted octanol–water partition coefficient (Wildman–Crippen LogP) is 3.68. The quantitative estimate of drug-likeness (QED) is 0.824. The smallest absolute Gasteiger partial charge is 0.0951 e. The zero-order chi connectivity index (χ0) is 16.4. The van der Waals surface area contributed by atoms with Crippen LogP contribution in [0.25, 0.3) is 11.3 Å². The van der Waals surface area contributed by atoms with E-state index in [9.17, 15) is 0 Å². The average Bonchev–Trinajstić information content (AvgIpc) is 3.12. The molecule has 3 rings (SSSR count). The second-order valence-electron chi connectivity index (χ2n) is 6.74. The molecule has 0 aromatic carbocycles. The summed E-state index contributed by atoms with van der Waals surface area (Å²) < 4.78 is 4.38. The Hall–Kier alpha value is -1.33. The third-order valence-electron chi connectivity index (χ3n) is 5.12. The molecule has 24 heavy (non-hydrogen) atoms. The van der Waals surface area contributed by atoms with Gasteiger partial charge in [0.25, 0.3) is 0 Å². The summed E-state index contributed by atoms with van der Waals surface area (Å²) in [7, 11) is 0. The van der Waals surface area contributed by atoms with Crippen molar-refractivity contribution in [2.45, 2.75) is 66.1 Å². The van der Waals surface area contributed by atoms with Crippen molar-refractivity contribution in [3.8, 4) is 11.3 Å². The standard InChI is InChI=1S/C18H29N5.ClH/c1-5-23-16(4)18(15(3)20-23)17-11-19-13-22(17)12-14(2)21-9-7-6-8-10-21;/h11,13-14H,5-10,12H2,1-4H3;1H. The number of halogens is 1. The summed E-state index contributed by atoms with van der Waals surface area (Å²) in [5.41, 5.74) is 4.77. The number of likely N-dealkylation sites (tertiary alicyclic amines) is 1. The summed E-state index contributed by atoms with van der Waals surface area (Å²) in [6.07, 6.45) is 8.01. The number of aryl methyl sites for hydroxylation is 2. The monoisotopic (exact) mass is 351 g/mol. The largest absolute Gasteiger partial charge is 0.329 e. The number of hydrogen-bond acceptors (Lipinski definition) is 3. The summed E-state index contributed by atoms with van der Waals surface area (Å²) in [6.45, 7) is 13.1. The molecular weight excluding hydrogens is 322 g/mol. The summed E-state index contributed by atoms with van der Waals surface area (Å²) in [6, 6.07) is 0.546. The molecule has 1 unspecified atom stereocenters. The van der Waals surface area contributed by atoms with E-state index in [-0.39, 0.29) is 12.4 Å². The van der Waals surface area contributed by atoms with Crippen molar-refractivity contribution in [3.05, 3.63) is 23.9 Å². The van der Waals surface area contributed by atoms with Gasteiger partial charge in [0.2, 0.25) is 0 Å². The Balaban J connectivity index is 0.00000208. The Bertz CT molecular complexity index is 654. The van der Waals surface area contributed by atoms with Crippen molar-refractivity contribution in [2.24, 2.45) is 0 Å². The van der Waals surface area contributed by atoms with Crippen molar-refractivity contribution < 1.29 is 0 Å². The molecule has 2 aromatic heterocycles. The van der Waals surface area contributed by atoms with Crippen molar-refractivity contribution in [2.75, 3.05) is 13.1 Å². The van der Waals surface area contributed by atoms with Crippen LogP contribution in [-0.4, -0.2) is 43.4 Å². The molecule has 5 nitrogen and oxygen atoms in total. The van der Waals surface area contributed by atoms with E-state index in [1.54, 1.807) is 0 Å². The fourth-order valence-corrected chi connectivity index (χ4v) is 3.81. The van der Waals surface area contributed by atoms with Gasteiger partial charge in [-0.1, -0.05) is 6.42 Å². The molecule has 2 aromatic rings. The van der Waals surface area contributed by atoms with E-state index in [1.165, 1.54) is 49.3 Å². The molecule has 0 amide bonds. The first-order valence-electron chi connectivity index (χ1n) is 8.90. The van der Waals surface area contributed by atoms with Crippen LogP contribution in [0.15, 0.2) is 12.5 Å². The van der Waals surface area contributed by atoms with E-state index in [2.05, 4.69) is 51.9 Å². The molecule has 0 bridgehead atoms. The molecule has 0 spiro atoms. The molecule has 1 atom stereocenters. The summed E-state index contributed by atoms with van der Waals surface area (Å²) in [5, 5.41) is 4.66. The highest BCUT2D eigenvalue weighted by atomic mass is 35.5. The average molecular weight is 352 g/mol. The third-order valence-corrected chi connectivity index (χ3v) is 5.12. The maximum absolute atomic E-state index is 4.66. The summed E-state index contributed by atoms with van der Waals surface area (Å²) in [4.78, 5) is 7.03. The Morgan fingerprint density at radius 3 is 2.50 bits per heavy atom. The lowest BCUT2D eigenvalue weighted by Gasteiger charge is -2.32. The number of hydrogen-bond donors (Lipinski definition) is 0. The van der Waals surface area contributed by atoms with Gasteiger partial charge in [0.1, 0.15) is 0 Å². The fourth-order valence-electron chi connectivity index (χ4n) is 3.81. The first-order chi connectivity index (χ1) is 11.1. The normalized spacial score (nSPS) is 16.8. The Labute approximate surface area is 151 Å². The van der Waals surface area contributed by atoms with Crippen LogP contribution in [0.4, 0.5) is 0 Å². The summed E-state index contributed by atoms with van der Waals surface area (Å²) >= 11 is 0. The maximum Gasteiger partial charge on any atom is 0.0951 e. The van der Waals surface area contributed by atoms with E-state index < -0.39 is 0 Å². The van der Waals surface area contributed by atoms with Crippen LogP contribution >= 0.6 is 12.4 Å². The molecule has 0 saturated carbocycles. The predicted molar refractivity (Wildman–Crippen MR) is 101 cm³/mol. The van der Waals surface area contributed by atoms with Crippen molar-refractivity contribution in [1.29, 1.82) is 0 Å². The van der Waals surface area contributed by atoms with E-state index in [0.717, 1.165) is 18.8 Å². The van der Waals surface area contributed by atoms with E-state index in [4.69, 9.17) is 0 Å². The minimum atomic E-state index is 0. The zero-order valence-corrected chi connectivity index (χ0v) is 16.1. The lowest BCUT2D eigenvalue weighted by molar-refractivity contribution is 0.160. The van der Waals surface area contributed by atoms with Gasteiger partial charge in [-0.3, -0.25) is 9.58 Å². The number of imidazole rings is 1. The van der Waals surface area contributed by atoms with Gasteiger partial charge in [-0.25, -0.2) is 4.98 Å².